The van der Waals surface area contributed by atoms with Gasteiger partial charge in [0, 0.05) is 0 Å². The lowest BCUT2D eigenvalue weighted by Crippen LogP contribution is -2.36. The summed E-state index contributed by atoms with van der Waals surface area (Å²) in [5, 5.41) is 0. The minimum Gasteiger partial charge on any atom is -0.477 e. The van der Waals surface area contributed by atoms with Crippen molar-refractivity contribution < 1.29 is 9.26 Å². The summed E-state index contributed by atoms with van der Waals surface area (Å²) >= 11 is 0. The maximum Gasteiger partial charge on any atom is 0.216 e. The van der Waals surface area contributed by atoms with Crippen molar-refractivity contribution in [1.29, 1.82) is 0 Å². The molecule has 172 valence electrons. The Morgan fingerprint density at radius 2 is 1.31 bits per heavy atom. The normalized spacial score (nSPS) is 25.7. The fourth-order valence-electron chi connectivity index (χ4n) is 4.46. The summed E-state index contributed by atoms with van der Waals surface area (Å²) in [7, 11) is 3.32. The van der Waals surface area contributed by atoms with Crippen molar-refractivity contribution in [3.63, 3.8) is 0 Å². The van der Waals surface area contributed by atoms with Crippen LogP contribution in [-0.2, 0) is 9.26 Å². The lowest BCUT2D eigenvalue weighted by atomic mass is 9.88. The molecule has 2 aliphatic rings. The topological polar surface area (TPSA) is 37.3 Å². The van der Waals surface area contributed by atoms with Crippen LogP contribution in [0.3, 0.4) is 0 Å². The van der Waals surface area contributed by atoms with E-state index in [1.165, 1.54) is 11.1 Å². The van der Waals surface area contributed by atoms with Gasteiger partial charge in [-0.3, -0.25) is 0 Å². The average Bonchev–Trinajstić information content (AvgIpc) is 3.35. The van der Waals surface area contributed by atoms with Gasteiger partial charge in [-0.1, -0.05) is 81.4 Å². The van der Waals surface area contributed by atoms with E-state index < -0.39 is 14.1 Å². The maximum absolute atomic E-state index is 6.83. The molecule has 2 aromatic rings. The van der Waals surface area contributed by atoms with Gasteiger partial charge in [0.2, 0.25) is 5.90 Å². The van der Waals surface area contributed by atoms with Gasteiger partial charge in [-0.15, -0.1) is 0 Å². The Balaban J connectivity index is 1.64. The summed E-state index contributed by atoms with van der Waals surface area (Å²) in [5.74, 6) is 0.709. The van der Waals surface area contributed by atoms with E-state index in [0.29, 0.717) is 12.5 Å². The molecule has 0 spiro atoms. The van der Waals surface area contributed by atoms with Gasteiger partial charge in [-0.25, -0.2) is 14.3 Å². The number of ether oxygens (including phenoxy) is 1. The molecular weight excluding hydrogens is 417 g/mol. The van der Waals surface area contributed by atoms with Crippen LogP contribution in [0.25, 0.3) is 0 Å². The molecule has 0 saturated carbocycles. The lowest BCUT2D eigenvalue weighted by molar-refractivity contribution is 0.141. The largest absolute Gasteiger partial charge is 0.477 e. The molecule has 0 unspecified atom stereocenters. The van der Waals surface area contributed by atoms with Gasteiger partial charge in [0.15, 0.2) is 8.45 Å². The molecule has 0 radical (unpaired) electrons. The SMILES string of the molecule is CN1[C@H](c2ccccc2)[C@@H](c2ccccc2)N(C)P1OC(C)(C)C1=N[C@@H](C(C)(C)C)CO1. The van der Waals surface area contributed by atoms with E-state index in [9.17, 15) is 0 Å². The highest BCUT2D eigenvalue weighted by Gasteiger charge is 2.50. The molecular formula is C26H36N3O2P. The van der Waals surface area contributed by atoms with Gasteiger partial charge >= 0.3 is 0 Å². The zero-order chi connectivity index (χ0) is 23.1. The first-order valence-electron chi connectivity index (χ1n) is 11.4. The van der Waals surface area contributed by atoms with E-state index in [4.69, 9.17) is 14.3 Å². The first-order chi connectivity index (χ1) is 15.1. The number of likely N-dealkylation sites (N-methyl/N-ethyl adjacent to an activating group) is 2. The van der Waals surface area contributed by atoms with Crippen molar-refractivity contribution in [3.05, 3.63) is 71.8 Å². The molecule has 5 nitrogen and oxygen atoms in total. The zero-order valence-electron chi connectivity index (χ0n) is 20.3. The second kappa shape index (κ2) is 8.87. The third kappa shape index (κ3) is 4.49. The van der Waals surface area contributed by atoms with Crippen molar-refractivity contribution in [2.75, 3.05) is 20.7 Å². The zero-order valence-corrected chi connectivity index (χ0v) is 21.2. The van der Waals surface area contributed by atoms with Crippen LogP contribution in [0.1, 0.15) is 57.8 Å². The first-order valence-corrected chi connectivity index (χ1v) is 12.5. The van der Waals surface area contributed by atoms with Crippen LogP contribution < -0.4 is 0 Å². The molecule has 0 amide bonds. The summed E-state index contributed by atoms with van der Waals surface area (Å²) in [4.78, 5) is 4.92. The molecule has 0 bridgehead atoms. The highest BCUT2D eigenvalue weighted by Crippen LogP contribution is 2.64. The molecule has 2 aliphatic heterocycles. The Hall–Kier alpha value is -1.78. The van der Waals surface area contributed by atoms with Crippen LogP contribution in [0.2, 0.25) is 0 Å². The Bertz CT molecular complexity index is 891. The summed E-state index contributed by atoms with van der Waals surface area (Å²) in [6.07, 6.45) is 0. The van der Waals surface area contributed by atoms with Gasteiger partial charge < -0.3 is 9.26 Å². The number of hydrogen-bond donors (Lipinski definition) is 0. The molecule has 4 rings (SSSR count). The molecule has 3 atom stereocenters. The van der Waals surface area contributed by atoms with Crippen molar-refractivity contribution >= 4 is 14.3 Å². The van der Waals surface area contributed by atoms with Gasteiger partial charge in [0.1, 0.15) is 12.2 Å². The minimum absolute atomic E-state index is 0.0704. The molecule has 0 aliphatic carbocycles. The lowest BCUT2D eigenvalue weighted by Gasteiger charge is -2.33. The third-order valence-electron chi connectivity index (χ3n) is 6.40. The minimum atomic E-state index is -1.03. The van der Waals surface area contributed by atoms with E-state index in [1.807, 2.05) is 0 Å². The molecule has 32 heavy (non-hydrogen) atoms. The predicted molar refractivity (Wildman–Crippen MR) is 133 cm³/mol. The summed E-state index contributed by atoms with van der Waals surface area (Å²) in [6, 6.07) is 22.0. The van der Waals surface area contributed by atoms with Gasteiger partial charge in [-0.05, 0) is 44.5 Å². The smallest absolute Gasteiger partial charge is 0.216 e. The predicted octanol–water partition coefficient (Wildman–Crippen LogP) is 6.21. The fraction of sp³-hybridized carbons (Fsp3) is 0.500. The van der Waals surface area contributed by atoms with Crippen molar-refractivity contribution in [2.24, 2.45) is 10.4 Å². The molecule has 2 aromatic carbocycles. The molecule has 1 saturated heterocycles. The molecule has 1 fully saturated rings. The van der Waals surface area contributed by atoms with Gasteiger partial charge in [0.05, 0.1) is 18.1 Å². The van der Waals surface area contributed by atoms with E-state index in [1.54, 1.807) is 0 Å². The molecule has 0 N–H and O–H groups in total. The highest BCUT2D eigenvalue weighted by molar-refractivity contribution is 7.47. The molecule has 0 aromatic heterocycles. The highest BCUT2D eigenvalue weighted by atomic mass is 31.2. The fourth-order valence-corrected chi connectivity index (χ4v) is 6.59. The van der Waals surface area contributed by atoms with Crippen molar-refractivity contribution in [3.8, 4) is 0 Å². The number of rotatable bonds is 5. The summed E-state index contributed by atoms with van der Waals surface area (Å²) in [5.41, 5.74) is 2.05. The van der Waals surface area contributed by atoms with Crippen LogP contribution in [0, 0.1) is 5.41 Å². The first kappa shape index (κ1) is 23.4. The van der Waals surface area contributed by atoms with E-state index in [-0.39, 0.29) is 23.5 Å². The van der Waals surface area contributed by atoms with E-state index >= 15 is 0 Å². The summed E-state index contributed by atoms with van der Waals surface area (Å²) in [6.45, 7) is 11.4. The van der Waals surface area contributed by atoms with Crippen molar-refractivity contribution in [1.82, 2.24) is 9.34 Å². The van der Waals surface area contributed by atoms with Gasteiger partial charge in [-0.2, -0.15) is 0 Å². The van der Waals surface area contributed by atoms with Crippen molar-refractivity contribution in [2.45, 2.75) is 58.3 Å². The standard InChI is InChI=1S/C26H36N3O2P/c1-25(2,3)21-18-30-24(27-21)26(4,5)31-32-28(6)22(19-14-10-8-11-15-19)23(29(32)7)20-16-12-9-13-17-20/h8-17,21-23H,18H2,1-7H3/t21-,22-,23-/m1/s1. The second-order valence-corrected chi connectivity index (χ2v) is 12.3. The Labute approximate surface area is 194 Å². The Morgan fingerprint density at radius 3 is 1.72 bits per heavy atom. The van der Waals surface area contributed by atoms with E-state index in [2.05, 4.69) is 119 Å². The van der Waals surface area contributed by atoms with Crippen LogP contribution in [0.15, 0.2) is 65.7 Å². The monoisotopic (exact) mass is 453 g/mol. The second-order valence-electron chi connectivity index (χ2n) is 10.3. The molecule has 2 heterocycles. The Morgan fingerprint density at radius 1 is 0.844 bits per heavy atom. The van der Waals surface area contributed by atoms with Crippen LogP contribution in [0.5, 0.6) is 0 Å². The third-order valence-corrected chi connectivity index (χ3v) is 8.60. The van der Waals surface area contributed by atoms with Crippen LogP contribution in [0.4, 0.5) is 0 Å². The number of aliphatic imine (C=N–C) groups is 1. The number of benzene rings is 2. The maximum atomic E-state index is 6.83. The van der Waals surface area contributed by atoms with Gasteiger partial charge in [0.25, 0.3) is 0 Å². The Kier molecular flexibility index (Phi) is 6.48. The molecule has 6 heteroatoms. The number of nitrogens with zero attached hydrogens (tertiary/aromatic N) is 3. The van der Waals surface area contributed by atoms with Crippen LogP contribution in [-0.4, -0.2) is 47.6 Å². The number of hydrogen-bond acceptors (Lipinski definition) is 5. The van der Waals surface area contributed by atoms with Crippen LogP contribution >= 0.6 is 8.45 Å². The van der Waals surface area contributed by atoms with E-state index in [0.717, 1.165) is 0 Å². The average molecular weight is 454 g/mol. The quantitative estimate of drug-likeness (QED) is 0.504. The summed E-state index contributed by atoms with van der Waals surface area (Å²) < 4.78 is 17.7.